The van der Waals surface area contributed by atoms with E-state index in [0.717, 1.165) is 19.3 Å². The monoisotopic (exact) mass is 524 g/mol. The Bertz CT molecular complexity index is 1290. The second kappa shape index (κ2) is 9.82. The molecular weight excluding hydrogens is 496 g/mol. The van der Waals surface area contributed by atoms with Gasteiger partial charge in [0.05, 0.1) is 36.2 Å². The topological polar surface area (TPSA) is 93.2 Å². The van der Waals surface area contributed by atoms with E-state index in [1.807, 2.05) is 0 Å². The zero-order valence-electron chi connectivity index (χ0n) is 21.0. The molecule has 5 rings (SSSR count). The van der Waals surface area contributed by atoms with Gasteiger partial charge in [-0.2, -0.15) is 0 Å². The van der Waals surface area contributed by atoms with Gasteiger partial charge in [0.15, 0.2) is 0 Å². The van der Waals surface area contributed by atoms with E-state index in [1.54, 1.807) is 43.3 Å². The summed E-state index contributed by atoms with van der Waals surface area (Å²) in [5.41, 5.74) is 1.68. The van der Waals surface area contributed by atoms with E-state index in [-0.39, 0.29) is 42.5 Å². The minimum absolute atomic E-state index is 0.00352. The molecule has 0 spiro atoms. The van der Waals surface area contributed by atoms with Gasteiger partial charge in [-0.05, 0) is 74.1 Å². The van der Waals surface area contributed by atoms with Gasteiger partial charge in [-0.3, -0.25) is 19.2 Å². The van der Waals surface area contributed by atoms with Gasteiger partial charge in [0.2, 0.25) is 17.7 Å². The summed E-state index contributed by atoms with van der Waals surface area (Å²) in [7, 11) is 1.50. The SMILES string of the molecule is COc1ccc(Cl)cc1N1C[C@H](C(=O)Oc2ccc(N3C(=O)[C@@H]4CC[C@@H](C)C[C@H]4C3=O)c(C)c2)CC1=O. The summed E-state index contributed by atoms with van der Waals surface area (Å²) < 4.78 is 11.0. The number of hydrogen-bond donors (Lipinski definition) is 0. The van der Waals surface area contributed by atoms with Crippen molar-refractivity contribution in [2.24, 2.45) is 23.7 Å². The van der Waals surface area contributed by atoms with E-state index in [2.05, 4.69) is 6.92 Å². The molecule has 0 bridgehead atoms. The van der Waals surface area contributed by atoms with Crippen LogP contribution in [0.2, 0.25) is 5.02 Å². The second-order valence-corrected chi connectivity index (χ2v) is 10.7. The number of ether oxygens (including phenoxy) is 2. The fourth-order valence-electron chi connectivity index (χ4n) is 5.74. The molecule has 1 aliphatic carbocycles. The summed E-state index contributed by atoms with van der Waals surface area (Å²) in [6, 6.07) is 9.85. The minimum atomic E-state index is -0.664. The number of carbonyl (C=O) groups excluding carboxylic acids is 4. The number of aryl methyl sites for hydroxylation is 1. The minimum Gasteiger partial charge on any atom is -0.495 e. The van der Waals surface area contributed by atoms with Crippen LogP contribution in [-0.4, -0.2) is 37.3 Å². The number of rotatable bonds is 5. The molecule has 2 saturated heterocycles. The van der Waals surface area contributed by atoms with Crippen LogP contribution < -0.4 is 19.3 Å². The molecule has 3 fully saturated rings. The Kier molecular flexibility index (Phi) is 6.70. The summed E-state index contributed by atoms with van der Waals surface area (Å²) in [5, 5.41) is 0.453. The van der Waals surface area contributed by atoms with Crippen molar-refractivity contribution in [2.45, 2.75) is 39.5 Å². The van der Waals surface area contributed by atoms with Gasteiger partial charge in [0.25, 0.3) is 0 Å². The van der Waals surface area contributed by atoms with Gasteiger partial charge in [-0.1, -0.05) is 18.5 Å². The third kappa shape index (κ3) is 4.59. The molecule has 194 valence electrons. The Balaban J connectivity index is 1.29. The van der Waals surface area contributed by atoms with Crippen LogP contribution in [0.3, 0.4) is 0 Å². The first kappa shape index (κ1) is 25.3. The van der Waals surface area contributed by atoms with Crippen molar-refractivity contribution in [2.75, 3.05) is 23.5 Å². The van der Waals surface area contributed by atoms with Crippen LogP contribution >= 0.6 is 11.6 Å². The Morgan fingerprint density at radius 1 is 1.00 bits per heavy atom. The van der Waals surface area contributed by atoms with Crippen molar-refractivity contribution in [1.82, 2.24) is 0 Å². The average Bonchev–Trinajstić information content (AvgIpc) is 3.36. The third-order valence-electron chi connectivity index (χ3n) is 7.71. The number of hydrogen-bond acceptors (Lipinski definition) is 6. The first-order valence-electron chi connectivity index (χ1n) is 12.5. The summed E-state index contributed by atoms with van der Waals surface area (Å²) in [5.74, 6) is -1.00. The predicted octanol–water partition coefficient (Wildman–Crippen LogP) is 4.54. The molecule has 3 amide bonds. The van der Waals surface area contributed by atoms with Crippen LogP contribution in [0, 0.1) is 30.6 Å². The van der Waals surface area contributed by atoms with Gasteiger partial charge < -0.3 is 14.4 Å². The van der Waals surface area contributed by atoms with Crippen LogP contribution in [0.5, 0.6) is 11.5 Å². The molecule has 1 saturated carbocycles. The molecule has 2 heterocycles. The highest BCUT2D eigenvalue weighted by Crippen LogP contribution is 2.43. The maximum absolute atomic E-state index is 13.1. The second-order valence-electron chi connectivity index (χ2n) is 10.2. The first-order chi connectivity index (χ1) is 17.7. The fourth-order valence-corrected chi connectivity index (χ4v) is 5.91. The van der Waals surface area contributed by atoms with Crippen molar-refractivity contribution >= 4 is 46.7 Å². The first-order valence-corrected chi connectivity index (χ1v) is 12.9. The third-order valence-corrected chi connectivity index (χ3v) is 7.94. The van der Waals surface area contributed by atoms with Gasteiger partial charge in [-0.15, -0.1) is 0 Å². The lowest BCUT2D eigenvalue weighted by atomic mass is 9.76. The van der Waals surface area contributed by atoms with Gasteiger partial charge in [0.1, 0.15) is 11.5 Å². The summed E-state index contributed by atoms with van der Waals surface area (Å²) >= 11 is 6.11. The molecule has 2 aromatic rings. The zero-order valence-corrected chi connectivity index (χ0v) is 21.8. The average molecular weight is 525 g/mol. The maximum atomic E-state index is 13.1. The maximum Gasteiger partial charge on any atom is 0.316 e. The van der Waals surface area contributed by atoms with Gasteiger partial charge >= 0.3 is 5.97 Å². The highest BCUT2D eigenvalue weighted by molar-refractivity contribution is 6.31. The number of halogens is 1. The molecule has 3 aliphatic rings. The van der Waals surface area contributed by atoms with Crippen molar-refractivity contribution in [1.29, 1.82) is 0 Å². The summed E-state index contributed by atoms with van der Waals surface area (Å²) in [6.45, 7) is 4.04. The molecule has 2 aromatic carbocycles. The fraction of sp³-hybridized carbons (Fsp3) is 0.429. The van der Waals surface area contributed by atoms with E-state index < -0.39 is 11.9 Å². The number of anilines is 2. The molecule has 0 aromatic heterocycles. The predicted molar refractivity (Wildman–Crippen MR) is 138 cm³/mol. The Morgan fingerprint density at radius 3 is 2.49 bits per heavy atom. The van der Waals surface area contributed by atoms with Crippen LogP contribution in [-0.2, 0) is 19.2 Å². The number of methoxy groups -OCH3 is 1. The van der Waals surface area contributed by atoms with Crippen molar-refractivity contribution in [3.05, 3.63) is 47.0 Å². The summed E-state index contributed by atoms with van der Waals surface area (Å²) in [6.07, 6.45) is 2.43. The van der Waals surface area contributed by atoms with E-state index in [9.17, 15) is 19.2 Å². The number of fused-ring (bicyclic) bond motifs is 1. The number of benzene rings is 2. The number of esters is 1. The Labute approximate surface area is 220 Å². The lowest BCUT2D eigenvalue weighted by Gasteiger charge is -2.25. The van der Waals surface area contributed by atoms with Crippen molar-refractivity contribution in [3.63, 3.8) is 0 Å². The van der Waals surface area contributed by atoms with Crippen molar-refractivity contribution in [3.8, 4) is 11.5 Å². The van der Waals surface area contributed by atoms with Gasteiger partial charge in [0, 0.05) is 18.0 Å². The lowest BCUT2D eigenvalue weighted by Crippen LogP contribution is -2.31. The largest absolute Gasteiger partial charge is 0.495 e. The van der Waals surface area contributed by atoms with E-state index in [4.69, 9.17) is 21.1 Å². The number of carbonyl (C=O) groups is 4. The molecular formula is C28H29ClN2O6. The molecule has 4 atom stereocenters. The standard InChI is InChI=1S/C28H29ClN2O6/c1-15-4-7-20-21(10-15)27(34)31(26(20)33)22-8-6-19(11-16(22)2)37-28(35)17-12-25(32)30(14-17)23-13-18(29)5-9-24(23)36-3/h5-6,8-9,11,13,15,17,20-21H,4,7,10,12,14H2,1-3H3/t15-,17-,20-,21-/m1/s1. The van der Waals surface area contributed by atoms with Crippen LogP contribution in [0.25, 0.3) is 0 Å². The molecule has 0 unspecified atom stereocenters. The molecule has 9 heteroatoms. The zero-order chi connectivity index (χ0) is 26.4. The highest BCUT2D eigenvalue weighted by Gasteiger charge is 2.50. The molecule has 37 heavy (non-hydrogen) atoms. The Hall–Kier alpha value is -3.39. The summed E-state index contributed by atoms with van der Waals surface area (Å²) in [4.78, 5) is 54.6. The van der Waals surface area contributed by atoms with E-state index in [0.29, 0.717) is 39.4 Å². The molecule has 0 N–H and O–H groups in total. The molecule has 2 aliphatic heterocycles. The molecule has 0 radical (unpaired) electrons. The quantitative estimate of drug-likeness (QED) is 0.324. The molecule has 8 nitrogen and oxygen atoms in total. The number of nitrogens with zero attached hydrogens (tertiary/aromatic N) is 2. The van der Waals surface area contributed by atoms with Crippen LogP contribution in [0.1, 0.15) is 38.2 Å². The van der Waals surface area contributed by atoms with Crippen LogP contribution in [0.15, 0.2) is 36.4 Å². The van der Waals surface area contributed by atoms with E-state index in [1.165, 1.54) is 16.9 Å². The number of amides is 3. The normalized spacial score (nSPS) is 25.5. The van der Waals surface area contributed by atoms with Crippen LogP contribution in [0.4, 0.5) is 11.4 Å². The lowest BCUT2D eigenvalue weighted by molar-refractivity contribution is -0.139. The Morgan fingerprint density at radius 2 is 1.76 bits per heavy atom. The van der Waals surface area contributed by atoms with Gasteiger partial charge in [-0.25, -0.2) is 4.90 Å². The number of imide groups is 1. The van der Waals surface area contributed by atoms with Crippen molar-refractivity contribution < 1.29 is 28.7 Å². The smallest absolute Gasteiger partial charge is 0.316 e. The highest BCUT2D eigenvalue weighted by atomic mass is 35.5. The van der Waals surface area contributed by atoms with E-state index >= 15 is 0 Å².